The number of oxime groups is 1. The van der Waals surface area contributed by atoms with E-state index in [-0.39, 0.29) is 0 Å². The van der Waals surface area contributed by atoms with Gasteiger partial charge in [-0.2, -0.15) is 0 Å². The van der Waals surface area contributed by atoms with E-state index in [1.807, 2.05) is 62.4 Å². The quantitative estimate of drug-likeness (QED) is 0.245. The lowest BCUT2D eigenvalue weighted by atomic mass is 9.92. The van der Waals surface area contributed by atoms with Crippen LogP contribution in [0.2, 0.25) is 0 Å². The van der Waals surface area contributed by atoms with Gasteiger partial charge in [-0.3, -0.25) is 4.98 Å². The summed E-state index contributed by atoms with van der Waals surface area (Å²) in [6.07, 6.45) is 5.77. The molecule has 0 aliphatic heterocycles. The van der Waals surface area contributed by atoms with Crippen molar-refractivity contribution < 1.29 is 15.1 Å². The fourth-order valence-corrected chi connectivity index (χ4v) is 3.44. The highest BCUT2D eigenvalue weighted by atomic mass is 16.4. The largest absolute Gasteiger partial charge is 0.478 e. The van der Waals surface area contributed by atoms with Gasteiger partial charge >= 0.3 is 5.97 Å². The van der Waals surface area contributed by atoms with Crippen molar-refractivity contribution in [1.29, 1.82) is 0 Å². The molecule has 30 heavy (non-hydrogen) atoms. The lowest BCUT2D eigenvalue weighted by molar-refractivity contribution is -0.131. The number of carboxylic acids is 1. The van der Waals surface area contributed by atoms with Crippen LogP contribution in [0.15, 0.2) is 72.0 Å². The number of hydrogen-bond acceptors (Lipinski definition) is 4. The Bertz CT molecular complexity index is 1100. The van der Waals surface area contributed by atoms with E-state index in [4.69, 9.17) is 5.11 Å². The molecule has 152 valence electrons. The van der Waals surface area contributed by atoms with Gasteiger partial charge in [-0.1, -0.05) is 47.6 Å². The van der Waals surface area contributed by atoms with E-state index in [9.17, 15) is 10.0 Å². The number of nitrogens with zero attached hydrogens (tertiary/aromatic N) is 2. The second kappa shape index (κ2) is 9.65. The Kier molecular flexibility index (Phi) is 6.75. The van der Waals surface area contributed by atoms with Crippen molar-refractivity contribution in [2.24, 2.45) is 5.16 Å². The number of rotatable bonds is 7. The monoisotopic (exact) mass is 400 g/mol. The summed E-state index contributed by atoms with van der Waals surface area (Å²) in [5, 5.41) is 22.0. The molecule has 2 aromatic carbocycles. The minimum Gasteiger partial charge on any atom is -0.478 e. The molecule has 0 spiro atoms. The molecule has 0 saturated carbocycles. The van der Waals surface area contributed by atoms with E-state index < -0.39 is 5.97 Å². The number of hydrogen-bond donors (Lipinski definition) is 2. The maximum atomic E-state index is 10.6. The van der Waals surface area contributed by atoms with Gasteiger partial charge < -0.3 is 10.3 Å². The number of aliphatic carboxylic acids is 1. The molecule has 3 aromatic rings. The molecule has 5 heteroatoms. The third-order valence-corrected chi connectivity index (χ3v) is 5.02. The number of carbonyl (C=O) groups is 1. The molecule has 0 saturated heterocycles. The van der Waals surface area contributed by atoms with Gasteiger partial charge in [-0.25, -0.2) is 4.79 Å². The lowest BCUT2D eigenvalue weighted by Gasteiger charge is -2.13. The molecule has 0 aliphatic rings. The Morgan fingerprint density at radius 3 is 2.53 bits per heavy atom. The molecule has 0 atom stereocenters. The number of carboxylic acid groups (broad SMARTS) is 1. The molecule has 5 nitrogen and oxygen atoms in total. The van der Waals surface area contributed by atoms with E-state index in [1.165, 1.54) is 0 Å². The Morgan fingerprint density at radius 2 is 1.87 bits per heavy atom. The van der Waals surface area contributed by atoms with Crippen LogP contribution in [-0.4, -0.2) is 27.0 Å². The maximum Gasteiger partial charge on any atom is 0.328 e. The summed E-state index contributed by atoms with van der Waals surface area (Å²) in [6, 6.07) is 17.7. The van der Waals surface area contributed by atoms with Gasteiger partial charge in [-0.05, 0) is 72.7 Å². The minimum absolute atomic E-state index is 0.584. The number of aromatic nitrogens is 1. The molecule has 1 heterocycles. The van der Waals surface area contributed by atoms with Crippen molar-refractivity contribution in [2.75, 3.05) is 0 Å². The SMILES string of the molecule is Cc1cc(-c2cccc(/C(CCc3ccc(/C=C/C(=O)O)cc3)=N\O)c2C)ccn1. The molecule has 0 amide bonds. The molecule has 0 unspecified atom stereocenters. The topological polar surface area (TPSA) is 82.8 Å². The van der Waals surface area contributed by atoms with Gasteiger partial charge in [0, 0.05) is 23.5 Å². The van der Waals surface area contributed by atoms with E-state index in [0.29, 0.717) is 18.6 Å². The normalized spacial score (nSPS) is 11.7. The van der Waals surface area contributed by atoms with Crippen molar-refractivity contribution in [1.82, 2.24) is 4.98 Å². The third-order valence-electron chi connectivity index (χ3n) is 5.02. The zero-order valence-electron chi connectivity index (χ0n) is 17.0. The van der Waals surface area contributed by atoms with Crippen LogP contribution in [0.5, 0.6) is 0 Å². The first kappa shape index (κ1) is 21.0. The van der Waals surface area contributed by atoms with Crippen LogP contribution < -0.4 is 0 Å². The second-order valence-corrected chi connectivity index (χ2v) is 7.12. The molecule has 0 aliphatic carbocycles. The van der Waals surface area contributed by atoms with Crippen molar-refractivity contribution in [2.45, 2.75) is 26.7 Å². The first-order valence-corrected chi connectivity index (χ1v) is 9.72. The van der Waals surface area contributed by atoms with Gasteiger partial charge in [0.15, 0.2) is 0 Å². The molecule has 3 rings (SSSR count). The standard InChI is InChI=1S/C25H24N2O3/c1-17-16-21(14-15-26-17)22-4-3-5-23(18(22)2)24(27-30)12-10-19-6-8-20(9-7-19)11-13-25(28)29/h3-9,11,13-16,30H,10,12H2,1-2H3,(H,28,29)/b13-11+,27-24-. The van der Waals surface area contributed by atoms with Crippen molar-refractivity contribution in [3.05, 3.63) is 94.8 Å². The van der Waals surface area contributed by atoms with Gasteiger partial charge in [0.2, 0.25) is 0 Å². The average Bonchev–Trinajstić information content (AvgIpc) is 2.74. The molecule has 1 aromatic heterocycles. The van der Waals surface area contributed by atoms with Crippen LogP contribution in [0.1, 0.15) is 34.4 Å². The summed E-state index contributed by atoms with van der Waals surface area (Å²) in [7, 11) is 0. The molecule has 0 fully saturated rings. The van der Waals surface area contributed by atoms with E-state index in [1.54, 1.807) is 12.3 Å². The van der Waals surface area contributed by atoms with Crippen molar-refractivity contribution in [3.8, 4) is 11.1 Å². The predicted molar refractivity (Wildman–Crippen MR) is 119 cm³/mol. The van der Waals surface area contributed by atoms with Crippen LogP contribution in [0.4, 0.5) is 0 Å². The van der Waals surface area contributed by atoms with Gasteiger partial charge in [0.25, 0.3) is 0 Å². The zero-order valence-corrected chi connectivity index (χ0v) is 17.0. The fraction of sp³-hybridized carbons (Fsp3) is 0.160. The Labute approximate surface area is 176 Å². The number of pyridine rings is 1. The smallest absolute Gasteiger partial charge is 0.328 e. The highest BCUT2D eigenvalue weighted by molar-refractivity contribution is 6.02. The summed E-state index contributed by atoms with van der Waals surface area (Å²) in [5.74, 6) is -0.970. The number of benzene rings is 2. The Morgan fingerprint density at radius 1 is 1.10 bits per heavy atom. The van der Waals surface area contributed by atoms with Crippen LogP contribution in [0.3, 0.4) is 0 Å². The highest BCUT2D eigenvalue weighted by Gasteiger charge is 2.12. The summed E-state index contributed by atoms with van der Waals surface area (Å²) in [4.78, 5) is 14.9. The lowest BCUT2D eigenvalue weighted by Crippen LogP contribution is -2.06. The number of aryl methyl sites for hydroxylation is 2. The highest BCUT2D eigenvalue weighted by Crippen LogP contribution is 2.27. The van der Waals surface area contributed by atoms with Crippen molar-refractivity contribution >= 4 is 17.8 Å². The van der Waals surface area contributed by atoms with Gasteiger partial charge in [0.1, 0.15) is 0 Å². The minimum atomic E-state index is -0.970. The van der Waals surface area contributed by atoms with E-state index in [2.05, 4.69) is 16.2 Å². The van der Waals surface area contributed by atoms with Crippen molar-refractivity contribution in [3.63, 3.8) is 0 Å². The Hall–Kier alpha value is -3.73. The molecule has 2 N–H and O–H groups in total. The van der Waals surface area contributed by atoms with Crippen LogP contribution in [0.25, 0.3) is 17.2 Å². The summed E-state index contributed by atoms with van der Waals surface area (Å²) >= 11 is 0. The summed E-state index contributed by atoms with van der Waals surface area (Å²) in [6.45, 7) is 4.00. The second-order valence-electron chi connectivity index (χ2n) is 7.12. The first-order valence-electron chi connectivity index (χ1n) is 9.72. The van der Waals surface area contributed by atoms with Crippen LogP contribution >= 0.6 is 0 Å². The Balaban J connectivity index is 1.77. The molecule has 0 radical (unpaired) electrons. The van der Waals surface area contributed by atoms with Gasteiger partial charge in [0.05, 0.1) is 5.71 Å². The van der Waals surface area contributed by atoms with Crippen LogP contribution in [0, 0.1) is 13.8 Å². The average molecular weight is 400 g/mol. The van der Waals surface area contributed by atoms with Gasteiger partial charge in [-0.15, -0.1) is 0 Å². The fourth-order valence-electron chi connectivity index (χ4n) is 3.44. The summed E-state index contributed by atoms with van der Waals surface area (Å²) < 4.78 is 0. The maximum absolute atomic E-state index is 10.6. The van der Waals surface area contributed by atoms with E-state index >= 15 is 0 Å². The van der Waals surface area contributed by atoms with Crippen LogP contribution in [-0.2, 0) is 11.2 Å². The molecule has 0 bridgehead atoms. The first-order chi connectivity index (χ1) is 14.5. The molecular formula is C25H24N2O3. The van der Waals surface area contributed by atoms with E-state index in [0.717, 1.165) is 45.2 Å². The summed E-state index contributed by atoms with van der Waals surface area (Å²) in [5.41, 5.74) is 7.66. The predicted octanol–water partition coefficient (Wildman–Crippen LogP) is 5.27. The molecular weight excluding hydrogens is 376 g/mol. The zero-order chi connectivity index (χ0) is 21.5. The third kappa shape index (κ3) is 5.20.